The molecule has 0 saturated carbocycles. The molecular weight excluding hydrogens is 214 g/mol. The van der Waals surface area contributed by atoms with Crippen molar-refractivity contribution in [2.75, 3.05) is 18.5 Å². The first-order valence-electron chi connectivity index (χ1n) is 6.28. The van der Waals surface area contributed by atoms with Crippen LogP contribution < -0.4 is 5.32 Å². The van der Waals surface area contributed by atoms with Gasteiger partial charge in [-0.05, 0) is 12.3 Å². The Hall–Kier alpha value is -1.16. The average molecular weight is 237 g/mol. The first-order chi connectivity index (χ1) is 8.04. The van der Waals surface area contributed by atoms with Crippen LogP contribution in [-0.4, -0.2) is 28.2 Å². The van der Waals surface area contributed by atoms with Crippen molar-refractivity contribution < 1.29 is 5.11 Å². The Morgan fingerprint density at radius 1 is 1.18 bits per heavy atom. The van der Waals surface area contributed by atoms with Crippen LogP contribution in [0.1, 0.15) is 57.5 Å². The topological polar surface area (TPSA) is 58.0 Å². The van der Waals surface area contributed by atoms with Crippen LogP contribution in [-0.2, 0) is 0 Å². The Bertz CT molecular complexity index is 324. The van der Waals surface area contributed by atoms with E-state index in [0.29, 0.717) is 11.8 Å². The summed E-state index contributed by atoms with van der Waals surface area (Å²) >= 11 is 0. The van der Waals surface area contributed by atoms with Crippen LogP contribution >= 0.6 is 0 Å². The van der Waals surface area contributed by atoms with Gasteiger partial charge >= 0.3 is 0 Å². The van der Waals surface area contributed by atoms with E-state index in [4.69, 9.17) is 5.11 Å². The van der Waals surface area contributed by atoms with Crippen LogP contribution in [0.3, 0.4) is 0 Å². The van der Waals surface area contributed by atoms with E-state index in [1.807, 2.05) is 6.07 Å². The van der Waals surface area contributed by atoms with E-state index in [-0.39, 0.29) is 6.61 Å². The monoisotopic (exact) mass is 237 g/mol. The lowest BCUT2D eigenvalue weighted by Crippen LogP contribution is -2.10. The highest BCUT2D eigenvalue weighted by molar-refractivity contribution is 5.37. The molecule has 0 unspecified atom stereocenters. The molecule has 96 valence electrons. The summed E-state index contributed by atoms with van der Waals surface area (Å²) < 4.78 is 0. The van der Waals surface area contributed by atoms with Gasteiger partial charge < -0.3 is 10.4 Å². The third kappa shape index (κ3) is 4.30. The summed E-state index contributed by atoms with van der Waals surface area (Å²) in [7, 11) is 0. The summed E-state index contributed by atoms with van der Waals surface area (Å²) in [5, 5.41) is 12.0. The summed E-state index contributed by atoms with van der Waals surface area (Å²) in [5.74, 6) is 2.46. The van der Waals surface area contributed by atoms with Gasteiger partial charge in [0, 0.05) is 30.8 Å². The predicted octanol–water partition coefficient (Wildman–Crippen LogP) is 2.52. The largest absolute Gasteiger partial charge is 0.396 e. The second kappa shape index (κ2) is 6.55. The lowest BCUT2D eigenvalue weighted by atomic mass is 10.1. The molecule has 0 amide bonds. The molecule has 1 aromatic heterocycles. The molecule has 0 bridgehead atoms. The number of hydrogen-bond acceptors (Lipinski definition) is 4. The molecule has 4 heteroatoms. The number of hydrogen-bond donors (Lipinski definition) is 2. The summed E-state index contributed by atoms with van der Waals surface area (Å²) in [6, 6.07) is 1.99. The van der Waals surface area contributed by atoms with Crippen molar-refractivity contribution in [2.24, 2.45) is 0 Å². The maximum absolute atomic E-state index is 8.76. The summed E-state index contributed by atoms with van der Waals surface area (Å²) in [6.45, 7) is 9.39. The molecule has 0 spiro atoms. The van der Waals surface area contributed by atoms with E-state index in [1.165, 1.54) is 0 Å². The summed E-state index contributed by atoms with van der Waals surface area (Å²) in [4.78, 5) is 9.04. The third-order valence-electron chi connectivity index (χ3n) is 2.51. The average Bonchev–Trinajstić information content (AvgIpc) is 2.29. The maximum Gasteiger partial charge on any atom is 0.133 e. The molecule has 0 aliphatic rings. The summed E-state index contributed by atoms with van der Waals surface area (Å²) in [6.07, 6.45) is 0.734. The van der Waals surface area contributed by atoms with Crippen LogP contribution in [0.15, 0.2) is 6.07 Å². The van der Waals surface area contributed by atoms with E-state index in [2.05, 4.69) is 43.0 Å². The highest BCUT2D eigenvalue weighted by Gasteiger charge is 2.09. The number of aliphatic hydroxyl groups excluding tert-OH is 1. The first kappa shape index (κ1) is 13.9. The molecule has 0 radical (unpaired) electrons. The molecule has 0 aromatic carbocycles. The minimum absolute atomic E-state index is 0.201. The lowest BCUT2D eigenvalue weighted by molar-refractivity contribution is 0.292. The van der Waals surface area contributed by atoms with E-state index >= 15 is 0 Å². The van der Waals surface area contributed by atoms with Crippen LogP contribution in [0.2, 0.25) is 0 Å². The fourth-order valence-corrected chi connectivity index (χ4v) is 1.43. The van der Waals surface area contributed by atoms with E-state index in [9.17, 15) is 0 Å². The molecule has 1 rings (SSSR count). The third-order valence-corrected chi connectivity index (χ3v) is 2.51. The number of rotatable bonds is 6. The Balaban J connectivity index is 2.88. The molecule has 0 saturated heterocycles. The van der Waals surface area contributed by atoms with Crippen LogP contribution in [0.4, 0.5) is 5.82 Å². The number of aliphatic hydroxyl groups is 1. The molecule has 0 aliphatic carbocycles. The summed E-state index contributed by atoms with van der Waals surface area (Å²) in [5.41, 5.74) is 1.06. The number of nitrogens with one attached hydrogen (secondary N) is 1. The van der Waals surface area contributed by atoms with Crippen molar-refractivity contribution in [3.8, 4) is 0 Å². The van der Waals surface area contributed by atoms with E-state index < -0.39 is 0 Å². The van der Waals surface area contributed by atoms with Crippen LogP contribution in [0.25, 0.3) is 0 Å². The molecule has 0 aliphatic heterocycles. The van der Waals surface area contributed by atoms with Crippen molar-refractivity contribution in [3.63, 3.8) is 0 Å². The quantitative estimate of drug-likeness (QED) is 0.746. The second-order valence-electron chi connectivity index (χ2n) is 4.85. The fourth-order valence-electron chi connectivity index (χ4n) is 1.43. The number of anilines is 1. The van der Waals surface area contributed by atoms with Crippen molar-refractivity contribution in [3.05, 3.63) is 17.6 Å². The first-order valence-corrected chi connectivity index (χ1v) is 6.28. The highest BCUT2D eigenvalue weighted by atomic mass is 16.3. The zero-order valence-electron chi connectivity index (χ0n) is 11.2. The van der Waals surface area contributed by atoms with E-state index in [0.717, 1.165) is 30.3 Å². The van der Waals surface area contributed by atoms with Gasteiger partial charge in [0.25, 0.3) is 0 Å². The van der Waals surface area contributed by atoms with E-state index in [1.54, 1.807) is 0 Å². The molecular formula is C13H23N3O. The Morgan fingerprint density at radius 2 is 1.88 bits per heavy atom. The molecule has 1 heterocycles. The second-order valence-corrected chi connectivity index (χ2v) is 4.85. The van der Waals surface area contributed by atoms with Crippen molar-refractivity contribution in [2.45, 2.75) is 46.0 Å². The molecule has 4 nitrogen and oxygen atoms in total. The van der Waals surface area contributed by atoms with Crippen molar-refractivity contribution in [1.82, 2.24) is 9.97 Å². The maximum atomic E-state index is 8.76. The fraction of sp³-hybridized carbons (Fsp3) is 0.692. The van der Waals surface area contributed by atoms with Gasteiger partial charge in [0.15, 0.2) is 0 Å². The predicted molar refractivity (Wildman–Crippen MR) is 70.4 cm³/mol. The lowest BCUT2D eigenvalue weighted by Gasteiger charge is -2.13. The standard InChI is InChI=1S/C13H23N3O/c1-9(2)11-8-12(14-6-5-7-17)16-13(15-11)10(3)4/h8-10,17H,5-7H2,1-4H3,(H,14,15,16). The zero-order chi connectivity index (χ0) is 12.8. The van der Waals surface area contributed by atoms with Crippen LogP contribution in [0, 0.1) is 0 Å². The number of nitrogens with zero attached hydrogens (tertiary/aromatic N) is 2. The SMILES string of the molecule is CC(C)c1cc(NCCCO)nc(C(C)C)n1. The van der Waals surface area contributed by atoms with Crippen molar-refractivity contribution in [1.29, 1.82) is 0 Å². The van der Waals surface area contributed by atoms with Crippen molar-refractivity contribution >= 4 is 5.82 Å². The molecule has 2 N–H and O–H groups in total. The van der Waals surface area contributed by atoms with Gasteiger partial charge in [-0.15, -0.1) is 0 Å². The van der Waals surface area contributed by atoms with Gasteiger partial charge in [0.1, 0.15) is 11.6 Å². The normalized spacial score (nSPS) is 11.2. The van der Waals surface area contributed by atoms with Gasteiger partial charge in [-0.2, -0.15) is 0 Å². The van der Waals surface area contributed by atoms with Gasteiger partial charge in [0.05, 0.1) is 0 Å². The molecule has 0 fully saturated rings. The molecule has 0 atom stereocenters. The highest BCUT2D eigenvalue weighted by Crippen LogP contribution is 2.19. The van der Waals surface area contributed by atoms with Gasteiger partial charge in [-0.1, -0.05) is 27.7 Å². The molecule has 17 heavy (non-hydrogen) atoms. The zero-order valence-corrected chi connectivity index (χ0v) is 11.2. The minimum Gasteiger partial charge on any atom is -0.396 e. The van der Waals surface area contributed by atoms with Crippen LogP contribution in [0.5, 0.6) is 0 Å². The smallest absolute Gasteiger partial charge is 0.133 e. The van der Waals surface area contributed by atoms with Gasteiger partial charge in [-0.25, -0.2) is 9.97 Å². The Kier molecular flexibility index (Phi) is 5.35. The minimum atomic E-state index is 0.201. The Morgan fingerprint density at radius 3 is 2.41 bits per heavy atom. The molecule has 1 aromatic rings. The number of aromatic nitrogens is 2. The van der Waals surface area contributed by atoms with Gasteiger partial charge in [-0.3, -0.25) is 0 Å². The Labute approximate surface area is 103 Å². The van der Waals surface area contributed by atoms with Gasteiger partial charge in [0.2, 0.25) is 0 Å².